The van der Waals surface area contributed by atoms with Crippen molar-refractivity contribution in [2.75, 3.05) is 11.9 Å². The number of pyridine rings is 1. The van der Waals surface area contributed by atoms with Crippen molar-refractivity contribution in [3.8, 4) is 16.9 Å². The number of carbonyl (C=O) groups excluding carboxylic acids is 1. The maximum atomic E-state index is 12.2. The van der Waals surface area contributed by atoms with Crippen molar-refractivity contribution in [3.05, 3.63) is 114 Å². The molecule has 1 saturated carbocycles. The van der Waals surface area contributed by atoms with Gasteiger partial charge in [0.05, 0.1) is 6.61 Å². The first kappa shape index (κ1) is 24.6. The number of urea groups is 1. The highest BCUT2D eigenvalue weighted by Crippen LogP contribution is 2.35. The van der Waals surface area contributed by atoms with E-state index in [1.807, 2.05) is 36.4 Å². The van der Waals surface area contributed by atoms with Gasteiger partial charge in [-0.05, 0) is 76.9 Å². The molecule has 5 nitrogen and oxygen atoms in total. The SMILES string of the molecule is O=C(NCc1cccnc1)Nc1ccc(OCCc2ccccc2-c2ccccc2CCC2CC2)cc1. The number of aryl methyl sites for hydroxylation is 1. The highest BCUT2D eigenvalue weighted by atomic mass is 16.5. The van der Waals surface area contributed by atoms with Gasteiger partial charge in [0, 0.05) is 31.0 Å². The smallest absolute Gasteiger partial charge is 0.319 e. The first-order chi connectivity index (χ1) is 18.2. The lowest BCUT2D eigenvalue weighted by atomic mass is 9.92. The second-order valence-electron chi connectivity index (χ2n) is 9.59. The lowest BCUT2D eigenvalue weighted by Crippen LogP contribution is -2.28. The Bertz CT molecular complexity index is 1300. The van der Waals surface area contributed by atoms with Gasteiger partial charge in [0.15, 0.2) is 0 Å². The van der Waals surface area contributed by atoms with Gasteiger partial charge in [-0.25, -0.2) is 4.79 Å². The van der Waals surface area contributed by atoms with E-state index >= 15 is 0 Å². The van der Waals surface area contributed by atoms with E-state index in [1.54, 1.807) is 12.4 Å². The van der Waals surface area contributed by atoms with E-state index in [0.29, 0.717) is 18.8 Å². The van der Waals surface area contributed by atoms with Crippen LogP contribution >= 0.6 is 0 Å². The monoisotopic (exact) mass is 491 g/mol. The van der Waals surface area contributed by atoms with Crippen LogP contribution in [0.4, 0.5) is 10.5 Å². The topological polar surface area (TPSA) is 63.2 Å². The van der Waals surface area contributed by atoms with Crippen molar-refractivity contribution in [1.29, 1.82) is 0 Å². The Kier molecular flexibility index (Phi) is 8.11. The number of rotatable bonds is 11. The molecular formula is C32H33N3O2. The molecule has 0 spiro atoms. The van der Waals surface area contributed by atoms with Crippen LogP contribution in [0.2, 0.25) is 0 Å². The van der Waals surface area contributed by atoms with Crippen LogP contribution in [-0.4, -0.2) is 17.6 Å². The maximum absolute atomic E-state index is 12.2. The van der Waals surface area contributed by atoms with Gasteiger partial charge in [-0.1, -0.05) is 67.4 Å². The number of carbonyl (C=O) groups is 1. The molecule has 0 unspecified atom stereocenters. The molecule has 188 valence electrons. The fraction of sp³-hybridized carbons (Fsp3) is 0.250. The summed E-state index contributed by atoms with van der Waals surface area (Å²) in [5.74, 6) is 1.71. The van der Waals surface area contributed by atoms with Crippen molar-refractivity contribution in [3.63, 3.8) is 0 Å². The largest absolute Gasteiger partial charge is 0.493 e. The molecule has 2 amide bonds. The van der Waals surface area contributed by atoms with Crippen LogP contribution < -0.4 is 15.4 Å². The van der Waals surface area contributed by atoms with E-state index in [2.05, 4.69) is 64.1 Å². The van der Waals surface area contributed by atoms with Crippen molar-refractivity contribution in [1.82, 2.24) is 10.3 Å². The summed E-state index contributed by atoms with van der Waals surface area (Å²) in [6.07, 6.45) is 9.50. The van der Waals surface area contributed by atoms with Crippen molar-refractivity contribution < 1.29 is 9.53 Å². The van der Waals surface area contributed by atoms with Crippen LogP contribution in [0.5, 0.6) is 5.75 Å². The summed E-state index contributed by atoms with van der Waals surface area (Å²) in [6.45, 7) is 1.01. The van der Waals surface area contributed by atoms with Gasteiger partial charge in [0.2, 0.25) is 0 Å². The second-order valence-corrected chi connectivity index (χ2v) is 9.59. The van der Waals surface area contributed by atoms with Gasteiger partial charge >= 0.3 is 6.03 Å². The number of nitrogens with one attached hydrogen (secondary N) is 2. The van der Waals surface area contributed by atoms with E-state index in [-0.39, 0.29) is 6.03 Å². The highest BCUT2D eigenvalue weighted by Gasteiger charge is 2.21. The number of aromatic nitrogens is 1. The Morgan fingerprint density at radius 3 is 2.22 bits per heavy atom. The number of ether oxygens (including phenoxy) is 1. The molecule has 1 aromatic heterocycles. The van der Waals surface area contributed by atoms with E-state index in [4.69, 9.17) is 4.74 Å². The van der Waals surface area contributed by atoms with Crippen LogP contribution in [0.15, 0.2) is 97.3 Å². The van der Waals surface area contributed by atoms with E-state index in [0.717, 1.165) is 30.1 Å². The number of amides is 2. The first-order valence-corrected chi connectivity index (χ1v) is 13.1. The highest BCUT2D eigenvalue weighted by molar-refractivity contribution is 5.89. The molecule has 0 radical (unpaired) electrons. The molecule has 37 heavy (non-hydrogen) atoms. The van der Waals surface area contributed by atoms with Gasteiger partial charge in [0.25, 0.3) is 0 Å². The Hall–Kier alpha value is -4.12. The average molecular weight is 492 g/mol. The molecule has 5 rings (SSSR count). The molecule has 2 N–H and O–H groups in total. The lowest BCUT2D eigenvalue weighted by Gasteiger charge is -2.15. The third-order valence-electron chi connectivity index (χ3n) is 6.77. The van der Waals surface area contributed by atoms with Crippen LogP contribution in [0, 0.1) is 5.92 Å². The molecule has 1 aliphatic carbocycles. The molecule has 1 fully saturated rings. The maximum Gasteiger partial charge on any atom is 0.319 e. The van der Waals surface area contributed by atoms with Gasteiger partial charge < -0.3 is 15.4 Å². The Morgan fingerprint density at radius 2 is 1.54 bits per heavy atom. The number of nitrogens with zero attached hydrogens (tertiary/aromatic N) is 1. The van der Waals surface area contributed by atoms with Crippen LogP contribution in [0.1, 0.15) is 36.0 Å². The summed E-state index contributed by atoms with van der Waals surface area (Å²) in [6, 6.07) is 28.5. The fourth-order valence-electron chi connectivity index (χ4n) is 4.54. The van der Waals surface area contributed by atoms with E-state index in [1.165, 1.54) is 41.5 Å². The van der Waals surface area contributed by atoms with Gasteiger partial charge in [0.1, 0.15) is 5.75 Å². The molecule has 5 heteroatoms. The molecule has 0 saturated heterocycles. The second kappa shape index (κ2) is 12.2. The zero-order valence-corrected chi connectivity index (χ0v) is 21.0. The number of hydrogen-bond donors (Lipinski definition) is 2. The Labute approximate surface area is 218 Å². The zero-order chi connectivity index (χ0) is 25.3. The Morgan fingerprint density at radius 1 is 0.838 bits per heavy atom. The van der Waals surface area contributed by atoms with Crippen LogP contribution in [0.25, 0.3) is 11.1 Å². The summed E-state index contributed by atoms with van der Waals surface area (Å²) >= 11 is 0. The fourth-order valence-corrected chi connectivity index (χ4v) is 4.54. The minimum atomic E-state index is -0.258. The van der Waals surface area contributed by atoms with Gasteiger partial charge in [-0.15, -0.1) is 0 Å². The lowest BCUT2D eigenvalue weighted by molar-refractivity contribution is 0.251. The summed E-state index contributed by atoms with van der Waals surface area (Å²) in [5, 5.41) is 5.68. The van der Waals surface area contributed by atoms with Gasteiger partial charge in [-0.3, -0.25) is 4.98 Å². The third kappa shape index (κ3) is 7.20. The minimum absolute atomic E-state index is 0.258. The van der Waals surface area contributed by atoms with E-state index < -0.39 is 0 Å². The van der Waals surface area contributed by atoms with Crippen LogP contribution in [-0.2, 0) is 19.4 Å². The predicted molar refractivity (Wildman–Crippen MR) is 149 cm³/mol. The van der Waals surface area contributed by atoms with Crippen molar-refractivity contribution in [2.45, 2.75) is 38.6 Å². The molecule has 0 atom stereocenters. The molecule has 4 aromatic rings. The van der Waals surface area contributed by atoms with Crippen molar-refractivity contribution in [2.24, 2.45) is 5.92 Å². The average Bonchev–Trinajstić information content (AvgIpc) is 3.78. The molecule has 0 aliphatic heterocycles. The van der Waals surface area contributed by atoms with Crippen molar-refractivity contribution >= 4 is 11.7 Å². The van der Waals surface area contributed by atoms with Crippen LogP contribution in [0.3, 0.4) is 0 Å². The summed E-state index contributed by atoms with van der Waals surface area (Å²) in [7, 11) is 0. The quantitative estimate of drug-likeness (QED) is 0.237. The molecule has 1 aliphatic rings. The minimum Gasteiger partial charge on any atom is -0.493 e. The third-order valence-corrected chi connectivity index (χ3v) is 6.77. The summed E-state index contributed by atoms with van der Waals surface area (Å²) < 4.78 is 6.05. The molecule has 0 bridgehead atoms. The van der Waals surface area contributed by atoms with Gasteiger partial charge in [-0.2, -0.15) is 0 Å². The molecule has 1 heterocycles. The number of hydrogen-bond acceptors (Lipinski definition) is 3. The number of anilines is 1. The Balaban J connectivity index is 1.13. The predicted octanol–water partition coefficient (Wildman–Crippen LogP) is 7.03. The summed E-state index contributed by atoms with van der Waals surface area (Å²) in [4.78, 5) is 16.2. The summed E-state index contributed by atoms with van der Waals surface area (Å²) in [5.41, 5.74) is 7.04. The standard InChI is InChI=1S/C32H33N3O2/c36-32(34-23-25-6-5-20-33-22-25)35-28-15-17-29(18-16-28)37-21-19-27-8-2-4-10-31(27)30-9-3-1-7-26(30)14-13-24-11-12-24/h1-10,15-18,20,22,24H,11-14,19,21,23H2,(H2,34,35,36). The normalized spacial score (nSPS) is 12.6. The van der Waals surface area contributed by atoms with E-state index in [9.17, 15) is 4.79 Å². The molecule has 3 aromatic carbocycles. The molecular weight excluding hydrogens is 458 g/mol. The number of benzene rings is 3. The zero-order valence-electron chi connectivity index (χ0n) is 21.0. The first-order valence-electron chi connectivity index (χ1n) is 13.1.